The number of methoxy groups -OCH3 is 3. The van der Waals surface area contributed by atoms with Crippen LogP contribution in [0.25, 0.3) is 21.5 Å². The van der Waals surface area contributed by atoms with Crippen molar-refractivity contribution in [2.24, 2.45) is 11.3 Å². The molecule has 3 N–H and O–H groups in total. The fourth-order valence-electron chi connectivity index (χ4n) is 14.1. The highest BCUT2D eigenvalue weighted by Gasteiger charge is 2.80. The molecule has 2 aromatic heterocycles. The average Bonchev–Trinajstić information content (AvgIpc) is 4.10. The first-order valence-corrected chi connectivity index (χ1v) is 23.5. The van der Waals surface area contributed by atoms with Crippen molar-refractivity contribution in [3.05, 3.63) is 76.4 Å². The zero-order valence-corrected chi connectivity index (χ0v) is 38.5. The van der Waals surface area contributed by atoms with Crippen LogP contribution in [0.5, 0.6) is 5.75 Å². The summed E-state index contributed by atoms with van der Waals surface area (Å²) in [4.78, 5) is 58.3. The third-order valence-corrected chi connectivity index (χ3v) is 17.2. The largest absolute Gasteiger partial charge is 0.496 e. The fourth-order valence-corrected chi connectivity index (χ4v) is 14.7. The van der Waals surface area contributed by atoms with Gasteiger partial charge in [-0.05, 0) is 86.4 Å². The van der Waals surface area contributed by atoms with Gasteiger partial charge < -0.3 is 39.0 Å². The van der Waals surface area contributed by atoms with E-state index in [-0.39, 0.29) is 12.0 Å². The number of H-pyrrole nitrogens is 1. The van der Waals surface area contributed by atoms with Crippen molar-refractivity contribution in [2.45, 2.75) is 99.5 Å². The third-order valence-electron chi connectivity index (χ3n) is 16.4. The minimum absolute atomic E-state index is 0.130. The van der Waals surface area contributed by atoms with E-state index in [0.29, 0.717) is 82.6 Å². The Morgan fingerprint density at radius 3 is 2.47 bits per heavy atom. The number of ether oxygens (including phenoxy) is 4. The van der Waals surface area contributed by atoms with Gasteiger partial charge in [-0.15, -0.1) is 11.3 Å². The second kappa shape index (κ2) is 15.1. The molecule has 3 fully saturated rings. The summed E-state index contributed by atoms with van der Waals surface area (Å²) >= 11 is 1.57. The first kappa shape index (κ1) is 43.1. The maximum Gasteiger partial charge on any atom is 0.344 e. The molecule has 1 spiro atoms. The number of piperidine rings is 1. The average molecular weight is 894 g/mol. The van der Waals surface area contributed by atoms with Crippen LogP contribution in [0.15, 0.2) is 54.1 Å². The van der Waals surface area contributed by atoms with Crippen LogP contribution in [-0.4, -0.2) is 138 Å². The van der Waals surface area contributed by atoms with Gasteiger partial charge in [-0.3, -0.25) is 19.4 Å². The molecule has 2 unspecified atom stereocenters. The summed E-state index contributed by atoms with van der Waals surface area (Å²) < 4.78 is 24.1. The summed E-state index contributed by atoms with van der Waals surface area (Å²) in [7, 11) is 6.15. The van der Waals surface area contributed by atoms with E-state index in [1.54, 1.807) is 24.6 Å². The Morgan fingerprint density at radius 2 is 1.78 bits per heavy atom. The number of thiazole rings is 1. The fraction of sp³-hybridized carbons (Fsp3) is 0.551. The zero-order valence-electron chi connectivity index (χ0n) is 37.7. The van der Waals surface area contributed by atoms with Gasteiger partial charge in [-0.25, -0.2) is 9.78 Å². The van der Waals surface area contributed by atoms with E-state index in [1.165, 1.54) is 21.1 Å². The van der Waals surface area contributed by atoms with Gasteiger partial charge in [-0.1, -0.05) is 26.0 Å². The standard InChI is InChI=1S/C49H59N5O9S/c1-8-45(58)24-29-25-48(43(56)61-6,38-31(13-18-53(26-29)27-45)32-21-30(11-12-35(32)51-38)39-50-16-20-64-39)34-22-33-36(23-37(34)60-5)52(4)41-47(33)15-19-54-17-10-14-46(9-2,40(47)54)42(63-28(3)55)49(41,59)44(57)62-7/h10-12,14,16,20-23,29,40-42,51,58-59H,8-9,13,15,17-19,24-27H2,1-7H3/t29-,40+,41?,42-,45+,46-,47-,48+,49+/m1/s1. The number of carbonyl (C=O) groups excluding carboxylic acids is 3. The zero-order chi connectivity index (χ0) is 45.1. The minimum atomic E-state index is -2.32. The first-order valence-electron chi connectivity index (χ1n) is 22.6. The van der Waals surface area contributed by atoms with Crippen molar-refractivity contribution < 1.29 is 43.5 Å². The van der Waals surface area contributed by atoms with Gasteiger partial charge in [-0.2, -0.15) is 0 Å². The molecule has 14 nitrogen and oxygen atoms in total. The molecule has 1 aliphatic carbocycles. The molecule has 340 valence electrons. The number of aliphatic hydroxyl groups is 2. The van der Waals surface area contributed by atoms with E-state index in [1.807, 2.05) is 37.2 Å². The van der Waals surface area contributed by atoms with E-state index < -0.39 is 57.5 Å². The number of hydrogen-bond acceptors (Lipinski definition) is 14. The highest BCUT2D eigenvalue weighted by molar-refractivity contribution is 7.13. The number of aromatic nitrogens is 2. The van der Waals surface area contributed by atoms with E-state index in [9.17, 15) is 19.8 Å². The Hall–Kier alpha value is -4.80. The van der Waals surface area contributed by atoms with Gasteiger partial charge >= 0.3 is 17.9 Å². The molecule has 15 heteroatoms. The molecule has 10 rings (SSSR count). The molecule has 5 aliphatic heterocycles. The maximum absolute atomic E-state index is 15.6. The van der Waals surface area contributed by atoms with Crippen LogP contribution in [0.4, 0.5) is 5.69 Å². The summed E-state index contributed by atoms with van der Waals surface area (Å²) in [6.07, 6.45) is 7.60. The van der Waals surface area contributed by atoms with Crippen molar-refractivity contribution in [1.82, 2.24) is 19.8 Å². The van der Waals surface area contributed by atoms with E-state index >= 15 is 4.79 Å². The van der Waals surface area contributed by atoms with E-state index in [0.717, 1.165) is 44.0 Å². The first-order chi connectivity index (χ1) is 30.7. The van der Waals surface area contributed by atoms with Crippen molar-refractivity contribution in [3.63, 3.8) is 0 Å². The van der Waals surface area contributed by atoms with Gasteiger partial charge in [0.15, 0.2) is 6.10 Å². The molecule has 7 heterocycles. The number of aromatic amines is 1. The summed E-state index contributed by atoms with van der Waals surface area (Å²) in [5, 5.41) is 29.4. The number of carbonyl (C=O) groups is 3. The second-order valence-electron chi connectivity index (χ2n) is 19.3. The van der Waals surface area contributed by atoms with Gasteiger partial charge in [0.2, 0.25) is 5.60 Å². The topological polar surface area (TPSA) is 167 Å². The van der Waals surface area contributed by atoms with Crippen LogP contribution in [0, 0.1) is 11.3 Å². The number of nitrogens with one attached hydrogen (secondary N) is 1. The second-order valence-corrected chi connectivity index (χ2v) is 20.2. The molecular weight excluding hydrogens is 835 g/mol. The van der Waals surface area contributed by atoms with E-state index in [4.69, 9.17) is 18.9 Å². The lowest BCUT2D eigenvalue weighted by atomic mass is 9.47. The number of nitrogens with zero attached hydrogens (tertiary/aromatic N) is 4. The van der Waals surface area contributed by atoms with Crippen molar-refractivity contribution in [2.75, 3.05) is 66.0 Å². The number of likely N-dealkylation sites (N-methyl/N-ethyl adjacent to an activating group) is 1. The van der Waals surface area contributed by atoms with Gasteiger partial charge in [0.25, 0.3) is 0 Å². The predicted octanol–water partition coefficient (Wildman–Crippen LogP) is 5.11. The van der Waals surface area contributed by atoms with Gasteiger partial charge in [0.1, 0.15) is 16.2 Å². The van der Waals surface area contributed by atoms with Crippen molar-refractivity contribution in [3.8, 4) is 16.3 Å². The van der Waals surface area contributed by atoms with E-state index in [2.05, 4.69) is 56.2 Å². The lowest BCUT2D eigenvalue weighted by molar-refractivity contribution is -0.228. The number of anilines is 1. The quantitative estimate of drug-likeness (QED) is 0.121. The number of benzene rings is 2. The highest BCUT2D eigenvalue weighted by Crippen LogP contribution is 2.68. The lowest BCUT2D eigenvalue weighted by Gasteiger charge is -2.63. The van der Waals surface area contributed by atoms with Crippen LogP contribution in [-0.2, 0) is 45.8 Å². The summed E-state index contributed by atoms with van der Waals surface area (Å²) in [6, 6.07) is 9.06. The Balaban J connectivity index is 1.28. The smallest absolute Gasteiger partial charge is 0.344 e. The molecule has 4 aromatic rings. The highest BCUT2D eigenvalue weighted by atomic mass is 32.1. The molecule has 64 heavy (non-hydrogen) atoms. The number of esters is 3. The molecule has 0 amide bonds. The number of fused-ring (bicyclic) bond motifs is 6. The number of rotatable bonds is 8. The molecule has 10 atom stereocenters. The third kappa shape index (κ3) is 5.69. The monoisotopic (exact) mass is 893 g/mol. The Kier molecular flexibility index (Phi) is 10.2. The predicted molar refractivity (Wildman–Crippen MR) is 242 cm³/mol. The Bertz CT molecular complexity index is 2580. The molecular formula is C49H59N5O9S. The van der Waals surface area contributed by atoms with Gasteiger partial charge in [0, 0.05) is 108 Å². The van der Waals surface area contributed by atoms with Crippen LogP contribution in [0.1, 0.15) is 75.3 Å². The normalized spacial score (nSPS) is 35.0. The van der Waals surface area contributed by atoms with Crippen LogP contribution >= 0.6 is 11.3 Å². The molecule has 1 saturated carbocycles. The molecule has 0 radical (unpaired) electrons. The van der Waals surface area contributed by atoms with Crippen molar-refractivity contribution in [1.29, 1.82) is 0 Å². The molecule has 2 saturated heterocycles. The lowest BCUT2D eigenvalue weighted by Crippen LogP contribution is -2.81. The Morgan fingerprint density at radius 1 is 0.984 bits per heavy atom. The van der Waals surface area contributed by atoms with Crippen molar-refractivity contribution >= 4 is 45.8 Å². The Labute approximate surface area is 377 Å². The molecule has 2 bridgehead atoms. The molecule has 6 aliphatic rings. The summed E-state index contributed by atoms with van der Waals surface area (Å²) in [5.74, 6) is -1.64. The SMILES string of the molecule is CC[C@]1(O)C[C@H]2CN(CCc3c([nH]c4ccc(-c5nccs5)cc34)[C@@](C(=O)OC)(c3cc4c(cc3OC)N(C)C3[C@]45CCN4CC=C[C@@](CC)([C@@H](OC(C)=O)[C@]3(O)C(=O)OC)[C@H]45)C2)C1. The maximum atomic E-state index is 15.6. The number of hydrogen-bond donors (Lipinski definition) is 3. The van der Waals surface area contributed by atoms with Crippen LogP contribution in [0.3, 0.4) is 0 Å². The van der Waals surface area contributed by atoms with Crippen LogP contribution in [0.2, 0.25) is 0 Å². The summed E-state index contributed by atoms with van der Waals surface area (Å²) in [5.41, 5.74) is -0.934. The summed E-state index contributed by atoms with van der Waals surface area (Å²) in [6.45, 7) is 8.52. The van der Waals surface area contributed by atoms with Crippen LogP contribution < -0.4 is 9.64 Å². The van der Waals surface area contributed by atoms with Gasteiger partial charge in [0.05, 0.1) is 33.0 Å². The minimum Gasteiger partial charge on any atom is -0.496 e. The molecule has 2 aromatic carbocycles.